The fourth-order valence-corrected chi connectivity index (χ4v) is 5.61. The minimum atomic E-state index is -5.21. The molecular weight excluding hydrogens is 662 g/mol. The van der Waals surface area contributed by atoms with Gasteiger partial charge in [-0.1, -0.05) is 66.7 Å². The summed E-state index contributed by atoms with van der Waals surface area (Å²) in [6.45, 7) is 2.78. The molecule has 1 heterocycles. The van der Waals surface area contributed by atoms with Crippen molar-refractivity contribution in [1.29, 1.82) is 0 Å². The minimum absolute atomic E-state index is 0.123. The Morgan fingerprint density at radius 1 is 0.857 bits per heavy atom. The zero-order valence-electron chi connectivity index (χ0n) is 27.5. The Morgan fingerprint density at radius 3 is 1.86 bits per heavy atom. The van der Waals surface area contributed by atoms with Gasteiger partial charge in [0.25, 0.3) is 11.2 Å². The van der Waals surface area contributed by atoms with Crippen molar-refractivity contribution in [3.05, 3.63) is 83.9 Å². The number of cyclic esters (lactones) is 1. The summed E-state index contributed by atoms with van der Waals surface area (Å²) >= 11 is 0. The summed E-state index contributed by atoms with van der Waals surface area (Å²) in [5.41, 5.74) is -7.72. The SMILES string of the molecule is CO[C@@](C(=O)O[C@@H](C)CCC[C@@H]1CCC/C=C/[C@@H](OC(=O)[C@](OC)(c2ccccc2)C(F)(F)F)[C@@H](C)C(=O)O1)(c1ccccc1)C(F)(F)F. The lowest BCUT2D eigenvalue weighted by atomic mass is 9.92. The second kappa shape index (κ2) is 16.7. The Labute approximate surface area is 280 Å². The molecular formula is C35H40F6O8. The van der Waals surface area contributed by atoms with Gasteiger partial charge in [0.2, 0.25) is 0 Å². The second-order valence-corrected chi connectivity index (χ2v) is 11.7. The van der Waals surface area contributed by atoms with E-state index in [2.05, 4.69) is 0 Å². The van der Waals surface area contributed by atoms with Crippen LogP contribution in [0.2, 0.25) is 0 Å². The highest BCUT2D eigenvalue weighted by atomic mass is 19.4. The monoisotopic (exact) mass is 702 g/mol. The summed E-state index contributed by atoms with van der Waals surface area (Å²) in [5, 5.41) is 0. The summed E-state index contributed by atoms with van der Waals surface area (Å²) in [6.07, 6.45) is -8.45. The first-order valence-electron chi connectivity index (χ1n) is 15.7. The molecule has 8 nitrogen and oxygen atoms in total. The van der Waals surface area contributed by atoms with E-state index < -0.39 is 76.8 Å². The number of methoxy groups -OCH3 is 2. The molecule has 49 heavy (non-hydrogen) atoms. The Bertz CT molecular complexity index is 1410. The molecule has 0 radical (unpaired) electrons. The average molecular weight is 703 g/mol. The Balaban J connectivity index is 1.67. The molecule has 0 saturated carbocycles. The molecule has 0 unspecified atom stereocenters. The van der Waals surface area contributed by atoms with Crippen molar-refractivity contribution >= 4 is 17.9 Å². The van der Waals surface area contributed by atoms with Crippen LogP contribution in [0.1, 0.15) is 63.5 Å². The summed E-state index contributed by atoms with van der Waals surface area (Å²) in [4.78, 5) is 39.3. The highest BCUT2D eigenvalue weighted by molar-refractivity contribution is 5.84. The van der Waals surface area contributed by atoms with Crippen LogP contribution in [0.5, 0.6) is 0 Å². The van der Waals surface area contributed by atoms with Gasteiger partial charge in [-0.05, 0) is 58.4 Å². The van der Waals surface area contributed by atoms with Crippen LogP contribution in [0.4, 0.5) is 26.3 Å². The molecule has 1 aliphatic heterocycles. The Kier molecular flexibility index (Phi) is 13.4. The number of carbonyl (C=O) groups is 3. The first-order valence-corrected chi connectivity index (χ1v) is 15.7. The molecule has 0 N–H and O–H groups in total. The molecule has 0 saturated heterocycles. The average Bonchev–Trinajstić information content (AvgIpc) is 3.04. The van der Waals surface area contributed by atoms with Gasteiger partial charge in [-0.3, -0.25) is 4.79 Å². The molecule has 0 aromatic heterocycles. The van der Waals surface area contributed by atoms with Crippen molar-refractivity contribution in [3.8, 4) is 0 Å². The molecule has 0 spiro atoms. The van der Waals surface area contributed by atoms with Crippen molar-refractivity contribution in [2.45, 2.75) is 94.2 Å². The van der Waals surface area contributed by atoms with Crippen molar-refractivity contribution < 1.29 is 64.4 Å². The van der Waals surface area contributed by atoms with Gasteiger partial charge >= 0.3 is 30.3 Å². The molecule has 0 bridgehead atoms. The quantitative estimate of drug-likeness (QED) is 0.0972. The zero-order valence-corrected chi connectivity index (χ0v) is 27.5. The van der Waals surface area contributed by atoms with E-state index >= 15 is 0 Å². The largest absolute Gasteiger partial charge is 0.462 e. The maximum atomic E-state index is 14.4. The molecule has 14 heteroatoms. The number of rotatable bonds is 12. The number of benzene rings is 2. The first kappa shape index (κ1) is 39.5. The topological polar surface area (TPSA) is 97.4 Å². The summed E-state index contributed by atoms with van der Waals surface area (Å²) in [6, 6.07) is 12.7. The number of ether oxygens (including phenoxy) is 5. The van der Waals surface area contributed by atoms with Gasteiger partial charge in [-0.2, -0.15) is 26.3 Å². The van der Waals surface area contributed by atoms with Gasteiger partial charge in [-0.25, -0.2) is 9.59 Å². The first-order chi connectivity index (χ1) is 23.0. The molecule has 3 rings (SSSR count). The standard InChI is InChI=1S/C35H40F6O8/c1-23(47-30(43)32(45-3,34(36,37)38)25-16-8-5-9-17-25)15-14-21-27-20-12-7-13-22-28(24(2)29(42)48-27)49-31(44)33(46-4,35(39,40)41)26-18-10-6-11-19-26/h5-6,8-11,13,16-19,22-24,27-28H,7,12,14-15,20-21H2,1-4H3/b22-13+/t23-,24+,27-,28+,32+,33+/m0/s1. The molecule has 6 atom stereocenters. The van der Waals surface area contributed by atoms with E-state index in [-0.39, 0.29) is 19.3 Å². The third-order valence-electron chi connectivity index (χ3n) is 8.40. The lowest BCUT2D eigenvalue weighted by Crippen LogP contribution is -2.53. The Hall–Kier alpha value is -3.91. The highest BCUT2D eigenvalue weighted by Gasteiger charge is 2.65. The van der Waals surface area contributed by atoms with Gasteiger partial charge in [0.05, 0.1) is 12.0 Å². The number of esters is 3. The highest BCUT2D eigenvalue weighted by Crippen LogP contribution is 2.44. The molecule has 1 aliphatic rings. The summed E-state index contributed by atoms with van der Waals surface area (Å²) in [5.74, 6) is -5.42. The molecule has 0 amide bonds. The molecule has 0 aliphatic carbocycles. The van der Waals surface area contributed by atoms with E-state index in [9.17, 15) is 40.7 Å². The van der Waals surface area contributed by atoms with Crippen molar-refractivity contribution in [2.24, 2.45) is 5.92 Å². The molecule has 2 aromatic rings. The molecule has 2 aromatic carbocycles. The number of hydrogen-bond acceptors (Lipinski definition) is 8. The van der Waals surface area contributed by atoms with Crippen molar-refractivity contribution in [3.63, 3.8) is 0 Å². The van der Waals surface area contributed by atoms with E-state index in [0.717, 1.165) is 38.5 Å². The minimum Gasteiger partial charge on any atom is -0.462 e. The van der Waals surface area contributed by atoms with Gasteiger partial charge in [0.1, 0.15) is 12.2 Å². The number of alkyl halides is 6. The maximum Gasteiger partial charge on any atom is 0.432 e. The van der Waals surface area contributed by atoms with Crippen molar-refractivity contribution in [2.75, 3.05) is 14.2 Å². The normalized spacial score (nSPS) is 22.8. The van der Waals surface area contributed by atoms with Crippen molar-refractivity contribution in [1.82, 2.24) is 0 Å². The molecule has 0 fully saturated rings. The Morgan fingerprint density at radius 2 is 1.37 bits per heavy atom. The van der Waals surface area contributed by atoms with Crippen LogP contribution in [0, 0.1) is 5.92 Å². The smallest absolute Gasteiger partial charge is 0.432 e. The number of halogens is 6. The van der Waals surface area contributed by atoms with E-state index in [1.165, 1.54) is 56.3 Å². The van der Waals surface area contributed by atoms with Crippen LogP contribution in [-0.4, -0.2) is 62.8 Å². The van der Waals surface area contributed by atoms with Crippen LogP contribution in [-0.2, 0) is 49.3 Å². The van der Waals surface area contributed by atoms with Gasteiger partial charge < -0.3 is 23.7 Å². The van der Waals surface area contributed by atoms with Gasteiger partial charge in [0.15, 0.2) is 0 Å². The predicted molar refractivity (Wildman–Crippen MR) is 164 cm³/mol. The third-order valence-corrected chi connectivity index (χ3v) is 8.40. The van der Waals surface area contributed by atoms with E-state index in [1.807, 2.05) is 0 Å². The number of hydrogen-bond donors (Lipinski definition) is 0. The van der Waals surface area contributed by atoms with Crippen LogP contribution in [0.25, 0.3) is 0 Å². The lowest BCUT2D eigenvalue weighted by molar-refractivity contribution is -0.279. The van der Waals surface area contributed by atoms with E-state index in [4.69, 9.17) is 23.7 Å². The fraction of sp³-hybridized carbons (Fsp3) is 0.514. The zero-order chi connectivity index (χ0) is 36.5. The number of allylic oxidation sites excluding steroid dienone is 1. The lowest BCUT2D eigenvalue weighted by Gasteiger charge is -2.34. The third kappa shape index (κ3) is 8.82. The van der Waals surface area contributed by atoms with Gasteiger partial charge in [0, 0.05) is 25.3 Å². The number of carbonyl (C=O) groups excluding carboxylic acids is 3. The van der Waals surface area contributed by atoms with E-state index in [1.54, 1.807) is 6.08 Å². The van der Waals surface area contributed by atoms with Crippen LogP contribution in [0.15, 0.2) is 72.8 Å². The van der Waals surface area contributed by atoms with Crippen LogP contribution < -0.4 is 0 Å². The van der Waals surface area contributed by atoms with Crippen LogP contribution >= 0.6 is 0 Å². The molecule has 270 valence electrons. The summed E-state index contributed by atoms with van der Waals surface area (Å²) < 4.78 is 111. The van der Waals surface area contributed by atoms with E-state index in [0.29, 0.717) is 19.3 Å². The van der Waals surface area contributed by atoms with Crippen LogP contribution in [0.3, 0.4) is 0 Å². The second-order valence-electron chi connectivity index (χ2n) is 11.7. The fourth-order valence-electron chi connectivity index (χ4n) is 5.61. The maximum absolute atomic E-state index is 14.4. The predicted octanol–water partition coefficient (Wildman–Crippen LogP) is 7.50. The van der Waals surface area contributed by atoms with Gasteiger partial charge in [-0.15, -0.1) is 0 Å². The summed E-state index contributed by atoms with van der Waals surface area (Å²) in [7, 11) is 1.51.